The second-order valence-electron chi connectivity index (χ2n) is 10.4. The molecule has 2 aromatic carbocycles. The van der Waals surface area contributed by atoms with Crippen LogP contribution < -0.4 is 0 Å². The normalized spacial score (nSPS) is 17.7. The molecule has 1 atom stereocenters. The van der Waals surface area contributed by atoms with Gasteiger partial charge in [0.2, 0.25) is 0 Å². The lowest BCUT2D eigenvalue weighted by atomic mass is 9.88. The first-order valence-electron chi connectivity index (χ1n) is 12.0. The van der Waals surface area contributed by atoms with Gasteiger partial charge < -0.3 is 20.1 Å². The monoisotopic (exact) mass is 562 g/mol. The summed E-state index contributed by atoms with van der Waals surface area (Å²) < 4.78 is 22.6. The van der Waals surface area contributed by atoms with Crippen molar-refractivity contribution in [2.75, 3.05) is 19.8 Å². The fraction of sp³-hybridized carbons (Fsp3) is 0.357. The number of carbonyl (C=O) groups excluding carboxylic acids is 1. The number of aliphatic hydroxyl groups excluding tert-OH is 2. The highest BCUT2D eigenvalue weighted by molar-refractivity contribution is 6.30. The molecule has 0 saturated heterocycles. The first kappa shape index (κ1) is 28.4. The molecule has 0 bridgehead atoms. The summed E-state index contributed by atoms with van der Waals surface area (Å²) in [5.74, 6) is -1.31. The molecule has 38 heavy (non-hydrogen) atoms. The van der Waals surface area contributed by atoms with Crippen molar-refractivity contribution in [2.45, 2.75) is 38.6 Å². The van der Waals surface area contributed by atoms with Crippen molar-refractivity contribution in [3.05, 3.63) is 98.5 Å². The van der Waals surface area contributed by atoms with Gasteiger partial charge in [-0.2, -0.15) is 0 Å². The lowest BCUT2D eigenvalue weighted by molar-refractivity contribution is -0.148. The van der Waals surface area contributed by atoms with Crippen LogP contribution in [0.5, 0.6) is 0 Å². The molecule has 0 unspecified atom stereocenters. The Bertz CT molecular complexity index is 1320. The minimum atomic E-state index is -1.81. The molecule has 0 saturated carbocycles. The van der Waals surface area contributed by atoms with E-state index >= 15 is 4.39 Å². The highest BCUT2D eigenvalue weighted by Crippen LogP contribution is 2.49. The van der Waals surface area contributed by atoms with Crippen LogP contribution in [0.2, 0.25) is 10.0 Å². The maximum atomic E-state index is 16.1. The van der Waals surface area contributed by atoms with Crippen LogP contribution >= 0.6 is 23.2 Å². The lowest BCUT2D eigenvalue weighted by Gasteiger charge is -2.41. The van der Waals surface area contributed by atoms with Crippen LogP contribution in [0.1, 0.15) is 53.5 Å². The number of fused-ring (bicyclic) bond motifs is 1. The van der Waals surface area contributed by atoms with Gasteiger partial charge in [0.05, 0.1) is 53.8 Å². The molecule has 0 radical (unpaired) electrons. The van der Waals surface area contributed by atoms with E-state index in [0.29, 0.717) is 21.3 Å². The van der Waals surface area contributed by atoms with Gasteiger partial charge in [-0.15, -0.1) is 0 Å². The Morgan fingerprint density at radius 3 is 2.21 bits per heavy atom. The molecule has 0 aliphatic carbocycles. The summed E-state index contributed by atoms with van der Waals surface area (Å²) in [6.07, 6.45) is 1.44. The van der Waals surface area contributed by atoms with Gasteiger partial charge in [-0.25, -0.2) is 4.39 Å². The van der Waals surface area contributed by atoms with Crippen LogP contribution in [0.4, 0.5) is 4.39 Å². The van der Waals surface area contributed by atoms with Gasteiger partial charge in [0.15, 0.2) is 5.72 Å². The van der Waals surface area contributed by atoms with Crippen LogP contribution in [0.15, 0.2) is 54.7 Å². The maximum absolute atomic E-state index is 16.1. The van der Waals surface area contributed by atoms with Gasteiger partial charge >= 0.3 is 0 Å². The van der Waals surface area contributed by atoms with E-state index in [2.05, 4.69) is 4.98 Å². The minimum Gasteiger partial charge on any atom is -0.396 e. The average Bonchev–Trinajstić information content (AvgIpc) is 3.12. The number of ether oxygens (including phenoxy) is 1. The van der Waals surface area contributed by atoms with E-state index in [1.165, 1.54) is 37.1 Å². The molecule has 7 nitrogen and oxygen atoms in total. The third kappa shape index (κ3) is 5.17. The van der Waals surface area contributed by atoms with Crippen LogP contribution in [0, 0.1) is 11.2 Å². The molecule has 4 rings (SSSR count). The summed E-state index contributed by atoms with van der Waals surface area (Å²) in [5.41, 5.74) is -3.29. The summed E-state index contributed by atoms with van der Waals surface area (Å²) >= 11 is 12.2. The first-order valence-corrected chi connectivity index (χ1v) is 12.7. The summed E-state index contributed by atoms with van der Waals surface area (Å²) in [6.45, 7) is 3.46. The number of aromatic nitrogens is 1. The zero-order chi connectivity index (χ0) is 27.9. The van der Waals surface area contributed by atoms with Gasteiger partial charge in [0.1, 0.15) is 5.82 Å². The smallest absolute Gasteiger partial charge is 0.257 e. The average molecular weight is 563 g/mol. The molecule has 10 heteroatoms. The van der Waals surface area contributed by atoms with E-state index < -0.39 is 41.7 Å². The summed E-state index contributed by atoms with van der Waals surface area (Å²) in [6, 6.07) is 12.4. The highest BCUT2D eigenvalue weighted by atomic mass is 35.5. The number of pyridine rings is 1. The van der Waals surface area contributed by atoms with E-state index in [1.807, 2.05) is 0 Å². The number of hydrogen-bond donors (Lipinski definition) is 3. The van der Waals surface area contributed by atoms with Crippen molar-refractivity contribution in [2.24, 2.45) is 5.41 Å². The van der Waals surface area contributed by atoms with E-state index in [0.717, 1.165) is 0 Å². The Balaban J connectivity index is 2.00. The van der Waals surface area contributed by atoms with Crippen LogP contribution in [-0.4, -0.2) is 50.9 Å². The molecule has 2 heterocycles. The Morgan fingerprint density at radius 1 is 1.03 bits per heavy atom. The second-order valence-corrected chi connectivity index (χ2v) is 11.2. The molecule has 0 fully saturated rings. The maximum Gasteiger partial charge on any atom is 0.257 e. The van der Waals surface area contributed by atoms with Crippen LogP contribution in [-0.2, 0) is 22.6 Å². The van der Waals surface area contributed by atoms with E-state index in [9.17, 15) is 20.1 Å². The molecule has 1 aliphatic rings. The Labute approximate surface area is 230 Å². The van der Waals surface area contributed by atoms with Crippen molar-refractivity contribution >= 4 is 29.1 Å². The molecule has 1 aliphatic heterocycles. The molecule has 3 aromatic rings. The van der Waals surface area contributed by atoms with Crippen molar-refractivity contribution < 1.29 is 29.2 Å². The highest BCUT2D eigenvalue weighted by Gasteiger charge is 2.55. The molecular weight excluding hydrogens is 534 g/mol. The third-order valence-corrected chi connectivity index (χ3v) is 7.20. The summed E-state index contributed by atoms with van der Waals surface area (Å²) in [7, 11) is 0. The molecule has 0 spiro atoms. The van der Waals surface area contributed by atoms with E-state index in [1.54, 1.807) is 43.3 Å². The lowest BCUT2D eigenvalue weighted by Crippen LogP contribution is -2.49. The predicted molar refractivity (Wildman–Crippen MR) is 141 cm³/mol. The topological polar surface area (TPSA) is 103 Å². The van der Waals surface area contributed by atoms with Crippen molar-refractivity contribution in [1.82, 2.24) is 9.88 Å². The predicted octanol–water partition coefficient (Wildman–Crippen LogP) is 4.62. The van der Waals surface area contributed by atoms with E-state index in [4.69, 9.17) is 27.9 Å². The number of carbonyl (C=O) groups is 1. The Morgan fingerprint density at radius 2 is 1.66 bits per heavy atom. The number of nitrogens with zero attached hydrogens (tertiary/aromatic N) is 2. The largest absolute Gasteiger partial charge is 0.396 e. The number of rotatable bonds is 9. The molecular formula is C28H29Cl2FN2O5. The Kier molecular flexibility index (Phi) is 7.87. The van der Waals surface area contributed by atoms with Crippen molar-refractivity contribution in [1.29, 1.82) is 0 Å². The summed E-state index contributed by atoms with van der Waals surface area (Å²) in [5, 5.41) is 31.3. The number of halogens is 3. The quantitative estimate of drug-likeness (QED) is 0.351. The molecule has 3 N–H and O–H groups in total. The standard InChI is InChI=1S/C28H29Cl2FN2O5/c1-26(2,37)18-10-22-24(23(31)11-18)28(17-4-6-19(29)7-5-17,38-16-27(3,14-34)15-35)33(25(22)36)13-21-9-8-20(30)12-32-21/h4-12,34-35,37H,13-16H2,1-3H3/t28-/m1/s1. The zero-order valence-electron chi connectivity index (χ0n) is 21.2. The van der Waals surface area contributed by atoms with Gasteiger partial charge in [-0.3, -0.25) is 14.7 Å². The second kappa shape index (κ2) is 10.5. The van der Waals surface area contributed by atoms with Crippen molar-refractivity contribution in [3.8, 4) is 0 Å². The fourth-order valence-electron chi connectivity index (χ4n) is 4.37. The van der Waals surface area contributed by atoms with Crippen molar-refractivity contribution in [3.63, 3.8) is 0 Å². The number of benzene rings is 2. The number of hydrogen-bond acceptors (Lipinski definition) is 6. The number of amides is 1. The SMILES string of the molecule is CC(CO)(CO)CO[C@]1(c2ccc(Cl)cc2)c2c(F)cc(C(C)(C)O)cc2C(=O)N1Cc1ccc(Cl)cn1. The van der Waals surface area contributed by atoms with Gasteiger partial charge in [-0.1, -0.05) is 42.3 Å². The van der Waals surface area contributed by atoms with E-state index in [-0.39, 0.29) is 29.8 Å². The summed E-state index contributed by atoms with van der Waals surface area (Å²) in [4.78, 5) is 19.7. The zero-order valence-corrected chi connectivity index (χ0v) is 22.7. The van der Waals surface area contributed by atoms with Gasteiger partial charge in [0, 0.05) is 22.2 Å². The van der Waals surface area contributed by atoms with Crippen LogP contribution in [0.3, 0.4) is 0 Å². The number of aliphatic hydroxyl groups is 3. The molecule has 1 aromatic heterocycles. The fourth-order valence-corrected chi connectivity index (χ4v) is 4.61. The van der Waals surface area contributed by atoms with Crippen LogP contribution in [0.25, 0.3) is 0 Å². The third-order valence-electron chi connectivity index (χ3n) is 6.73. The molecule has 1 amide bonds. The van der Waals surface area contributed by atoms with Gasteiger partial charge in [0.25, 0.3) is 5.91 Å². The first-order chi connectivity index (χ1) is 17.8. The molecule has 202 valence electrons. The Hall–Kier alpha value is -2.59. The van der Waals surface area contributed by atoms with Gasteiger partial charge in [-0.05, 0) is 55.8 Å². The minimum absolute atomic E-state index is 0.0146.